The summed E-state index contributed by atoms with van der Waals surface area (Å²) < 4.78 is 7.41. The van der Waals surface area contributed by atoms with Crippen molar-refractivity contribution in [3.63, 3.8) is 0 Å². The number of phenolic OH excluding ortho intramolecular Hbond substituents is 1. The summed E-state index contributed by atoms with van der Waals surface area (Å²) in [5.41, 5.74) is 0.654. The summed E-state index contributed by atoms with van der Waals surface area (Å²) in [6.07, 6.45) is 5.90. The van der Waals surface area contributed by atoms with Crippen molar-refractivity contribution in [2.45, 2.75) is 12.8 Å². The van der Waals surface area contributed by atoms with E-state index in [9.17, 15) is 5.11 Å². The van der Waals surface area contributed by atoms with Gasteiger partial charge in [0.2, 0.25) is 0 Å². The number of hydrogen-bond acceptors (Lipinski definition) is 4. The molecule has 5 heteroatoms. The molecule has 106 valence electrons. The van der Waals surface area contributed by atoms with Crippen LogP contribution in [0.2, 0.25) is 0 Å². The number of aromatic nitrogens is 2. The van der Waals surface area contributed by atoms with Gasteiger partial charge in [-0.05, 0) is 31.5 Å². The molecule has 2 N–H and O–H groups in total. The van der Waals surface area contributed by atoms with Crippen molar-refractivity contribution in [3.8, 4) is 17.2 Å². The van der Waals surface area contributed by atoms with Crippen molar-refractivity contribution in [3.05, 3.63) is 36.7 Å². The Labute approximate surface area is 118 Å². The third-order valence-corrected chi connectivity index (χ3v) is 3.57. The van der Waals surface area contributed by atoms with E-state index in [0.717, 1.165) is 18.8 Å². The predicted octanol–water partition coefficient (Wildman–Crippen LogP) is 1.96. The van der Waals surface area contributed by atoms with Crippen LogP contribution in [0.3, 0.4) is 0 Å². The Hall–Kier alpha value is -2.01. The zero-order chi connectivity index (χ0) is 13.8. The number of para-hydroxylation sites is 2. The van der Waals surface area contributed by atoms with Crippen LogP contribution < -0.4 is 10.1 Å². The highest BCUT2D eigenvalue weighted by Crippen LogP contribution is 2.22. The average Bonchev–Trinajstić information content (AvgIpc) is 2.95. The summed E-state index contributed by atoms with van der Waals surface area (Å²) in [6, 6.07) is 7.11. The molecule has 1 aromatic heterocycles. The lowest BCUT2D eigenvalue weighted by Crippen LogP contribution is -2.32. The van der Waals surface area contributed by atoms with E-state index in [4.69, 9.17) is 4.74 Å². The lowest BCUT2D eigenvalue weighted by molar-refractivity contribution is 0.218. The maximum absolute atomic E-state index is 9.80. The molecule has 0 radical (unpaired) electrons. The van der Waals surface area contributed by atoms with Crippen molar-refractivity contribution >= 4 is 0 Å². The summed E-state index contributed by atoms with van der Waals surface area (Å²) in [5, 5.41) is 17.4. The summed E-state index contributed by atoms with van der Waals surface area (Å²) in [4.78, 5) is 0. The normalized spacial score (nSPS) is 18.9. The van der Waals surface area contributed by atoms with Gasteiger partial charge in [0.1, 0.15) is 11.4 Å². The van der Waals surface area contributed by atoms with Gasteiger partial charge in [-0.25, -0.2) is 4.68 Å². The minimum Gasteiger partial charge on any atom is -0.506 e. The van der Waals surface area contributed by atoms with E-state index in [0.29, 0.717) is 18.2 Å². The standard InChI is InChI=1S/C15H19N3O2/c19-15-6-2-1-5-14(15)18-10-13(9-17-18)20-11-12-4-3-7-16-8-12/h1-2,5-6,9-10,12,16,19H,3-4,7-8,11H2. The van der Waals surface area contributed by atoms with Gasteiger partial charge in [-0.3, -0.25) is 0 Å². The van der Waals surface area contributed by atoms with Gasteiger partial charge in [0, 0.05) is 12.5 Å². The van der Waals surface area contributed by atoms with E-state index in [1.54, 1.807) is 29.2 Å². The Bertz CT molecular complexity index is 562. The second kappa shape index (κ2) is 5.96. The quantitative estimate of drug-likeness (QED) is 0.894. The van der Waals surface area contributed by atoms with Gasteiger partial charge in [-0.2, -0.15) is 5.10 Å². The topological polar surface area (TPSA) is 59.3 Å². The maximum atomic E-state index is 9.80. The van der Waals surface area contributed by atoms with Crippen molar-refractivity contribution in [2.75, 3.05) is 19.7 Å². The molecule has 0 amide bonds. The van der Waals surface area contributed by atoms with Crippen molar-refractivity contribution in [1.82, 2.24) is 15.1 Å². The number of aromatic hydroxyl groups is 1. The van der Waals surface area contributed by atoms with Gasteiger partial charge in [0.25, 0.3) is 0 Å². The highest BCUT2D eigenvalue weighted by molar-refractivity contribution is 5.45. The SMILES string of the molecule is Oc1ccccc1-n1cc(OCC2CCCNC2)cn1. The van der Waals surface area contributed by atoms with Crippen LogP contribution in [0.1, 0.15) is 12.8 Å². The molecular formula is C15H19N3O2. The molecule has 3 rings (SSSR count). The lowest BCUT2D eigenvalue weighted by atomic mass is 10.0. The molecule has 1 aliphatic heterocycles. The number of rotatable bonds is 4. The zero-order valence-electron chi connectivity index (χ0n) is 11.3. The first-order chi connectivity index (χ1) is 9.83. The van der Waals surface area contributed by atoms with Crippen molar-refractivity contribution in [1.29, 1.82) is 0 Å². The maximum Gasteiger partial charge on any atom is 0.157 e. The number of benzene rings is 1. The second-order valence-corrected chi connectivity index (χ2v) is 5.13. The molecule has 1 saturated heterocycles. The Morgan fingerprint density at radius 1 is 1.40 bits per heavy atom. The number of nitrogens with zero attached hydrogens (tertiary/aromatic N) is 2. The second-order valence-electron chi connectivity index (χ2n) is 5.13. The minimum atomic E-state index is 0.207. The van der Waals surface area contributed by atoms with Crippen LogP contribution in [-0.4, -0.2) is 34.6 Å². The van der Waals surface area contributed by atoms with Gasteiger partial charge in [0.15, 0.2) is 5.75 Å². The van der Waals surface area contributed by atoms with Crippen LogP contribution in [0.4, 0.5) is 0 Å². The lowest BCUT2D eigenvalue weighted by Gasteiger charge is -2.22. The first-order valence-corrected chi connectivity index (χ1v) is 6.99. The fraction of sp³-hybridized carbons (Fsp3) is 0.400. The third kappa shape index (κ3) is 2.93. The number of hydrogen-bond donors (Lipinski definition) is 2. The Morgan fingerprint density at radius 2 is 2.30 bits per heavy atom. The van der Waals surface area contributed by atoms with Crippen LogP contribution in [0.25, 0.3) is 5.69 Å². The van der Waals surface area contributed by atoms with Gasteiger partial charge in [-0.15, -0.1) is 0 Å². The van der Waals surface area contributed by atoms with E-state index >= 15 is 0 Å². The van der Waals surface area contributed by atoms with Gasteiger partial charge in [0.05, 0.1) is 19.0 Å². The monoisotopic (exact) mass is 273 g/mol. The van der Waals surface area contributed by atoms with E-state index in [1.807, 2.05) is 12.1 Å². The van der Waals surface area contributed by atoms with Crippen LogP contribution in [0.15, 0.2) is 36.7 Å². The molecule has 5 nitrogen and oxygen atoms in total. The third-order valence-electron chi connectivity index (χ3n) is 3.57. The molecule has 1 atom stereocenters. The van der Waals surface area contributed by atoms with E-state index in [1.165, 1.54) is 12.8 Å². The van der Waals surface area contributed by atoms with E-state index in [2.05, 4.69) is 10.4 Å². The zero-order valence-corrected chi connectivity index (χ0v) is 11.3. The Balaban J connectivity index is 1.63. The summed E-state index contributed by atoms with van der Waals surface area (Å²) in [7, 11) is 0. The van der Waals surface area contributed by atoms with Crippen LogP contribution >= 0.6 is 0 Å². The number of phenols is 1. The molecular weight excluding hydrogens is 254 g/mol. The molecule has 1 aliphatic rings. The highest BCUT2D eigenvalue weighted by Gasteiger charge is 2.14. The van der Waals surface area contributed by atoms with Gasteiger partial charge in [-0.1, -0.05) is 12.1 Å². The van der Waals surface area contributed by atoms with Gasteiger partial charge < -0.3 is 15.2 Å². The fourth-order valence-electron chi connectivity index (χ4n) is 2.45. The minimum absolute atomic E-state index is 0.207. The first-order valence-electron chi connectivity index (χ1n) is 6.99. The molecule has 0 aliphatic carbocycles. The van der Waals surface area contributed by atoms with Crippen LogP contribution in [0.5, 0.6) is 11.5 Å². The number of ether oxygens (including phenoxy) is 1. The smallest absolute Gasteiger partial charge is 0.157 e. The molecule has 1 fully saturated rings. The number of piperidine rings is 1. The highest BCUT2D eigenvalue weighted by atomic mass is 16.5. The van der Waals surface area contributed by atoms with Crippen LogP contribution in [-0.2, 0) is 0 Å². The summed E-state index contributed by atoms with van der Waals surface area (Å²) in [5.74, 6) is 1.51. The predicted molar refractivity (Wildman–Crippen MR) is 76.3 cm³/mol. The first kappa shape index (κ1) is 13.0. The molecule has 20 heavy (non-hydrogen) atoms. The fourth-order valence-corrected chi connectivity index (χ4v) is 2.45. The summed E-state index contributed by atoms with van der Waals surface area (Å²) in [6.45, 7) is 2.84. The molecule has 1 aromatic carbocycles. The Kier molecular flexibility index (Phi) is 3.87. The Morgan fingerprint density at radius 3 is 3.10 bits per heavy atom. The number of nitrogens with one attached hydrogen (secondary N) is 1. The van der Waals surface area contributed by atoms with Crippen molar-refractivity contribution < 1.29 is 9.84 Å². The van der Waals surface area contributed by atoms with E-state index < -0.39 is 0 Å². The van der Waals surface area contributed by atoms with E-state index in [-0.39, 0.29) is 5.75 Å². The molecule has 2 aromatic rings. The average molecular weight is 273 g/mol. The largest absolute Gasteiger partial charge is 0.506 e. The molecule has 0 bridgehead atoms. The molecule has 1 unspecified atom stereocenters. The molecule has 0 spiro atoms. The summed E-state index contributed by atoms with van der Waals surface area (Å²) >= 11 is 0. The van der Waals surface area contributed by atoms with Crippen molar-refractivity contribution in [2.24, 2.45) is 5.92 Å². The van der Waals surface area contributed by atoms with Crippen LogP contribution in [0, 0.1) is 5.92 Å². The molecule has 0 saturated carbocycles. The molecule has 2 heterocycles. The van der Waals surface area contributed by atoms with Gasteiger partial charge >= 0.3 is 0 Å².